The van der Waals surface area contributed by atoms with Crippen molar-refractivity contribution in [3.05, 3.63) is 29.8 Å². The Kier molecular flexibility index (Phi) is 5.82. The minimum absolute atomic E-state index is 0.0672. The molecule has 2 rings (SSSR count). The largest absolute Gasteiger partial charge is 0.573 e. The number of rotatable bonds is 3. The summed E-state index contributed by atoms with van der Waals surface area (Å²) in [5.74, 6) is -0.246. The Hall–Kier alpha value is -1.96. The van der Waals surface area contributed by atoms with Crippen molar-refractivity contribution in [2.24, 2.45) is 0 Å². The molecule has 5 nitrogen and oxygen atoms in total. The summed E-state index contributed by atoms with van der Waals surface area (Å²) in [5, 5.41) is 3.27. The van der Waals surface area contributed by atoms with E-state index in [9.17, 15) is 18.0 Å². The SMILES string of the molecule is CC(C)(C)OC(=O)N1CCNC(Cc2cccc(OC(F)(F)F)c2)C1. The lowest BCUT2D eigenvalue weighted by Gasteiger charge is -2.35. The summed E-state index contributed by atoms with van der Waals surface area (Å²) < 4.78 is 46.2. The molecule has 0 saturated carbocycles. The molecule has 0 bridgehead atoms. The minimum Gasteiger partial charge on any atom is -0.444 e. The van der Waals surface area contributed by atoms with Gasteiger partial charge >= 0.3 is 12.5 Å². The Morgan fingerprint density at radius 2 is 2.04 bits per heavy atom. The van der Waals surface area contributed by atoms with Gasteiger partial charge in [0.2, 0.25) is 0 Å². The van der Waals surface area contributed by atoms with E-state index in [0.717, 1.165) is 0 Å². The first kappa shape index (κ1) is 19.4. The zero-order valence-corrected chi connectivity index (χ0v) is 14.5. The van der Waals surface area contributed by atoms with Crippen LogP contribution in [0.1, 0.15) is 26.3 Å². The fourth-order valence-electron chi connectivity index (χ4n) is 2.61. The van der Waals surface area contributed by atoms with Gasteiger partial charge in [-0.1, -0.05) is 12.1 Å². The normalized spacial score (nSPS) is 18.8. The standard InChI is InChI=1S/C17H23F3N2O3/c1-16(2,3)25-15(23)22-8-7-21-13(11-22)9-12-5-4-6-14(10-12)24-17(18,19)20/h4-6,10,13,21H,7-9,11H2,1-3H3. The maximum Gasteiger partial charge on any atom is 0.573 e. The highest BCUT2D eigenvalue weighted by Crippen LogP contribution is 2.24. The van der Waals surface area contributed by atoms with Crippen LogP contribution in [-0.4, -0.2) is 48.6 Å². The van der Waals surface area contributed by atoms with E-state index in [1.54, 1.807) is 31.7 Å². The maximum absolute atomic E-state index is 12.3. The molecule has 0 aliphatic carbocycles. The number of carbonyl (C=O) groups is 1. The molecule has 1 N–H and O–H groups in total. The number of halogens is 3. The zero-order chi connectivity index (χ0) is 18.7. The molecule has 25 heavy (non-hydrogen) atoms. The van der Waals surface area contributed by atoms with E-state index in [-0.39, 0.29) is 17.9 Å². The predicted octanol–water partition coefficient (Wildman–Crippen LogP) is 3.34. The smallest absolute Gasteiger partial charge is 0.444 e. The van der Waals surface area contributed by atoms with Gasteiger partial charge in [0.15, 0.2) is 0 Å². The highest BCUT2D eigenvalue weighted by molar-refractivity contribution is 5.68. The minimum atomic E-state index is -4.71. The van der Waals surface area contributed by atoms with Crippen molar-refractivity contribution in [3.8, 4) is 5.75 Å². The third-order valence-corrected chi connectivity index (χ3v) is 3.52. The molecule has 1 aromatic rings. The van der Waals surface area contributed by atoms with Crippen LogP contribution in [0.15, 0.2) is 24.3 Å². The van der Waals surface area contributed by atoms with E-state index in [0.29, 0.717) is 31.6 Å². The molecule has 0 radical (unpaired) electrons. The summed E-state index contributed by atoms with van der Waals surface area (Å²) in [6.45, 7) is 6.97. The molecule has 1 fully saturated rings. The summed E-state index contributed by atoms with van der Waals surface area (Å²) in [6.07, 6.45) is -4.61. The fourth-order valence-corrected chi connectivity index (χ4v) is 2.61. The Labute approximate surface area is 145 Å². The summed E-state index contributed by atoms with van der Waals surface area (Å²) >= 11 is 0. The Morgan fingerprint density at radius 3 is 2.68 bits per heavy atom. The third kappa shape index (κ3) is 6.81. The second-order valence-corrected chi connectivity index (χ2v) is 6.98. The lowest BCUT2D eigenvalue weighted by Crippen LogP contribution is -2.54. The van der Waals surface area contributed by atoms with E-state index in [2.05, 4.69) is 10.1 Å². The van der Waals surface area contributed by atoms with Gasteiger partial charge in [-0.3, -0.25) is 0 Å². The predicted molar refractivity (Wildman–Crippen MR) is 86.4 cm³/mol. The summed E-state index contributed by atoms with van der Waals surface area (Å²) in [7, 11) is 0. The molecule has 140 valence electrons. The van der Waals surface area contributed by atoms with Crippen molar-refractivity contribution < 1.29 is 27.4 Å². The lowest BCUT2D eigenvalue weighted by atomic mass is 10.0. The van der Waals surface area contributed by atoms with Gasteiger partial charge in [-0.05, 0) is 44.9 Å². The Balaban J connectivity index is 1.96. The van der Waals surface area contributed by atoms with Crippen LogP contribution in [0.2, 0.25) is 0 Å². The van der Waals surface area contributed by atoms with Gasteiger partial charge in [-0.25, -0.2) is 4.79 Å². The van der Waals surface area contributed by atoms with Crippen LogP contribution >= 0.6 is 0 Å². The summed E-state index contributed by atoms with van der Waals surface area (Å²) in [5.41, 5.74) is 0.131. The molecule has 1 saturated heterocycles. The van der Waals surface area contributed by atoms with E-state index < -0.39 is 12.0 Å². The molecule has 0 spiro atoms. The molecule has 8 heteroatoms. The number of hydrogen-bond donors (Lipinski definition) is 1. The topological polar surface area (TPSA) is 50.8 Å². The number of benzene rings is 1. The molecule has 1 unspecified atom stereocenters. The fraction of sp³-hybridized carbons (Fsp3) is 0.588. The number of ether oxygens (including phenoxy) is 2. The highest BCUT2D eigenvalue weighted by Gasteiger charge is 2.31. The first-order valence-electron chi connectivity index (χ1n) is 8.08. The number of nitrogens with one attached hydrogen (secondary N) is 1. The number of piperazine rings is 1. The van der Waals surface area contributed by atoms with Gasteiger partial charge in [-0.15, -0.1) is 13.2 Å². The summed E-state index contributed by atoms with van der Waals surface area (Å²) in [4.78, 5) is 13.8. The number of carbonyl (C=O) groups excluding carboxylic acids is 1. The zero-order valence-electron chi connectivity index (χ0n) is 14.5. The van der Waals surface area contributed by atoms with Crippen molar-refractivity contribution >= 4 is 6.09 Å². The molecular weight excluding hydrogens is 337 g/mol. The van der Waals surface area contributed by atoms with E-state index in [4.69, 9.17) is 4.74 Å². The van der Waals surface area contributed by atoms with Crippen molar-refractivity contribution in [2.45, 2.75) is 45.2 Å². The molecule has 1 heterocycles. The molecule has 1 aromatic carbocycles. The van der Waals surface area contributed by atoms with Crippen LogP contribution < -0.4 is 10.1 Å². The van der Waals surface area contributed by atoms with Gasteiger partial charge in [0, 0.05) is 25.7 Å². The van der Waals surface area contributed by atoms with E-state index in [1.807, 2.05) is 0 Å². The third-order valence-electron chi connectivity index (χ3n) is 3.52. The Morgan fingerprint density at radius 1 is 1.32 bits per heavy atom. The number of amides is 1. The van der Waals surface area contributed by atoms with Crippen molar-refractivity contribution in [1.29, 1.82) is 0 Å². The first-order chi connectivity index (χ1) is 11.5. The number of hydrogen-bond acceptors (Lipinski definition) is 4. The average molecular weight is 360 g/mol. The van der Waals surface area contributed by atoms with Gasteiger partial charge in [-0.2, -0.15) is 0 Å². The first-order valence-corrected chi connectivity index (χ1v) is 8.08. The van der Waals surface area contributed by atoms with Crippen molar-refractivity contribution in [3.63, 3.8) is 0 Å². The van der Waals surface area contributed by atoms with Crippen LogP contribution in [0, 0.1) is 0 Å². The van der Waals surface area contributed by atoms with E-state index in [1.165, 1.54) is 18.2 Å². The molecule has 1 amide bonds. The van der Waals surface area contributed by atoms with Gasteiger partial charge < -0.3 is 19.7 Å². The van der Waals surface area contributed by atoms with Crippen molar-refractivity contribution in [2.75, 3.05) is 19.6 Å². The second-order valence-electron chi connectivity index (χ2n) is 6.98. The van der Waals surface area contributed by atoms with Crippen LogP contribution in [0.3, 0.4) is 0 Å². The van der Waals surface area contributed by atoms with Gasteiger partial charge in [0.25, 0.3) is 0 Å². The van der Waals surface area contributed by atoms with Gasteiger partial charge in [0.1, 0.15) is 11.4 Å². The second kappa shape index (κ2) is 7.51. The quantitative estimate of drug-likeness (QED) is 0.898. The molecule has 0 aromatic heterocycles. The van der Waals surface area contributed by atoms with Crippen LogP contribution in [0.4, 0.5) is 18.0 Å². The summed E-state index contributed by atoms with van der Waals surface area (Å²) in [6, 6.07) is 5.81. The van der Waals surface area contributed by atoms with Gasteiger partial charge in [0.05, 0.1) is 0 Å². The molecule has 1 atom stereocenters. The average Bonchev–Trinajstić information content (AvgIpc) is 2.44. The van der Waals surface area contributed by atoms with E-state index >= 15 is 0 Å². The highest BCUT2D eigenvalue weighted by atomic mass is 19.4. The maximum atomic E-state index is 12.3. The Bertz CT molecular complexity index is 600. The monoisotopic (exact) mass is 360 g/mol. The van der Waals surface area contributed by atoms with Crippen LogP contribution in [0.25, 0.3) is 0 Å². The molecule has 1 aliphatic rings. The van der Waals surface area contributed by atoms with Crippen LogP contribution in [0.5, 0.6) is 5.75 Å². The van der Waals surface area contributed by atoms with Crippen LogP contribution in [-0.2, 0) is 11.2 Å². The number of nitrogens with zero attached hydrogens (tertiary/aromatic N) is 1. The molecule has 1 aliphatic heterocycles. The lowest BCUT2D eigenvalue weighted by molar-refractivity contribution is -0.274. The molecular formula is C17H23F3N2O3. The number of alkyl halides is 3. The van der Waals surface area contributed by atoms with Crippen molar-refractivity contribution in [1.82, 2.24) is 10.2 Å².